The Morgan fingerprint density at radius 1 is 1.38 bits per heavy atom. The van der Waals surface area contributed by atoms with Crippen molar-refractivity contribution < 1.29 is 9.90 Å². The predicted molar refractivity (Wildman–Crippen MR) is 108 cm³/mol. The smallest absolute Gasteiger partial charge is 0.266 e. The number of phenols is 1. The third-order valence-corrected chi connectivity index (χ3v) is 4.83. The molecule has 0 unspecified atom stereocenters. The molecule has 2 N–H and O–H groups in total. The minimum atomic E-state index is -0.619. The van der Waals surface area contributed by atoms with Gasteiger partial charge in [-0.2, -0.15) is 5.26 Å². The van der Waals surface area contributed by atoms with Gasteiger partial charge in [-0.1, -0.05) is 35.3 Å². The summed E-state index contributed by atoms with van der Waals surface area (Å²) >= 11 is 15.2. The quantitative estimate of drug-likeness (QED) is 0.346. The summed E-state index contributed by atoms with van der Waals surface area (Å²) in [5, 5.41) is 22.4. The highest BCUT2D eigenvalue weighted by Crippen LogP contribution is 2.32. The van der Waals surface area contributed by atoms with E-state index in [-0.39, 0.29) is 16.3 Å². The van der Waals surface area contributed by atoms with Crippen molar-refractivity contribution in [2.24, 2.45) is 0 Å². The zero-order valence-electron chi connectivity index (χ0n) is 13.4. The number of benzene rings is 2. The van der Waals surface area contributed by atoms with Crippen molar-refractivity contribution in [2.75, 3.05) is 5.32 Å². The van der Waals surface area contributed by atoms with Gasteiger partial charge in [-0.3, -0.25) is 4.79 Å². The van der Waals surface area contributed by atoms with Gasteiger partial charge in [0.1, 0.15) is 17.4 Å². The number of amides is 1. The van der Waals surface area contributed by atoms with Crippen LogP contribution in [-0.4, -0.2) is 11.0 Å². The summed E-state index contributed by atoms with van der Waals surface area (Å²) in [7, 11) is 0. The maximum Gasteiger partial charge on any atom is 0.266 e. The number of nitriles is 1. The third-order valence-electron chi connectivity index (χ3n) is 3.40. The molecule has 0 aromatic heterocycles. The summed E-state index contributed by atoms with van der Waals surface area (Å²) < 4.78 is 0.457. The average molecular weight is 452 g/mol. The Balaban J connectivity index is 2.35. The number of hydrogen-bond acceptors (Lipinski definition) is 3. The fraction of sp³-hybridized carbons (Fsp3) is 0.0526. The Morgan fingerprint density at radius 3 is 2.77 bits per heavy atom. The third kappa shape index (κ3) is 4.67. The van der Waals surface area contributed by atoms with Gasteiger partial charge in [-0.15, -0.1) is 6.58 Å². The average Bonchev–Trinajstić information content (AvgIpc) is 2.61. The summed E-state index contributed by atoms with van der Waals surface area (Å²) in [6.07, 6.45) is 3.51. The summed E-state index contributed by atoms with van der Waals surface area (Å²) in [5.74, 6) is -0.526. The molecule has 4 nitrogen and oxygen atoms in total. The molecule has 0 bridgehead atoms. The zero-order valence-corrected chi connectivity index (χ0v) is 16.5. The molecular weight excluding hydrogens is 439 g/mol. The second-order valence-electron chi connectivity index (χ2n) is 5.23. The number of nitrogens with zero attached hydrogens (tertiary/aromatic N) is 1. The van der Waals surface area contributed by atoms with Crippen LogP contribution in [-0.2, 0) is 11.2 Å². The van der Waals surface area contributed by atoms with Crippen LogP contribution in [0.25, 0.3) is 6.08 Å². The number of halogens is 3. The van der Waals surface area contributed by atoms with Gasteiger partial charge < -0.3 is 10.4 Å². The van der Waals surface area contributed by atoms with Crippen molar-refractivity contribution in [3.05, 3.63) is 74.2 Å². The van der Waals surface area contributed by atoms with Gasteiger partial charge in [-0.25, -0.2) is 0 Å². The number of phenolic OH excluding ortho intramolecular Hbond substituents is 1. The molecule has 0 atom stereocenters. The Morgan fingerprint density at radius 2 is 2.12 bits per heavy atom. The lowest BCUT2D eigenvalue weighted by Crippen LogP contribution is -2.13. The Hall–Kier alpha value is -2.26. The number of allylic oxidation sites excluding steroid dienone is 1. The van der Waals surface area contributed by atoms with Crippen LogP contribution in [0, 0.1) is 11.3 Å². The Labute approximate surface area is 169 Å². The van der Waals surface area contributed by atoms with E-state index in [2.05, 4.69) is 27.8 Å². The van der Waals surface area contributed by atoms with Gasteiger partial charge in [0.15, 0.2) is 0 Å². The van der Waals surface area contributed by atoms with Crippen LogP contribution in [0.2, 0.25) is 10.0 Å². The van der Waals surface area contributed by atoms with Crippen LogP contribution in [0.15, 0.2) is 53.0 Å². The molecule has 7 heteroatoms. The van der Waals surface area contributed by atoms with E-state index < -0.39 is 5.91 Å². The first kappa shape index (κ1) is 20.1. The van der Waals surface area contributed by atoms with E-state index in [1.807, 2.05) is 6.07 Å². The lowest BCUT2D eigenvalue weighted by Gasteiger charge is -2.09. The maximum atomic E-state index is 12.4. The SMILES string of the molecule is C=CCc1cc(/C=C(/C#N)C(=O)Nc2cccc(Cl)c2Cl)cc(Br)c1O. The monoisotopic (exact) mass is 450 g/mol. The van der Waals surface area contributed by atoms with E-state index in [0.717, 1.165) is 0 Å². The first-order chi connectivity index (χ1) is 12.4. The standard InChI is InChI=1S/C19H13BrCl2N2O2/c1-2-4-12-7-11(9-14(20)18(12)25)8-13(10-23)19(26)24-16-6-3-5-15(21)17(16)22/h2-3,5-9,25H,1,4H2,(H,24,26)/b13-8-. The summed E-state index contributed by atoms with van der Waals surface area (Å²) in [4.78, 5) is 12.4. The second-order valence-corrected chi connectivity index (χ2v) is 6.87. The van der Waals surface area contributed by atoms with Gasteiger partial charge >= 0.3 is 0 Å². The van der Waals surface area contributed by atoms with Crippen molar-refractivity contribution >= 4 is 56.8 Å². The van der Waals surface area contributed by atoms with Crippen molar-refractivity contribution in [2.45, 2.75) is 6.42 Å². The lowest BCUT2D eigenvalue weighted by atomic mass is 10.0. The molecule has 0 aliphatic carbocycles. The van der Waals surface area contributed by atoms with Crippen LogP contribution >= 0.6 is 39.1 Å². The van der Waals surface area contributed by atoms with Gasteiger partial charge in [-0.05, 0) is 63.8 Å². The normalized spacial score (nSPS) is 10.9. The van der Waals surface area contributed by atoms with E-state index in [4.69, 9.17) is 23.2 Å². The van der Waals surface area contributed by atoms with E-state index in [1.165, 1.54) is 6.08 Å². The summed E-state index contributed by atoms with van der Waals surface area (Å²) in [6, 6.07) is 9.97. The topological polar surface area (TPSA) is 73.1 Å². The number of anilines is 1. The van der Waals surface area contributed by atoms with Crippen LogP contribution in [0.1, 0.15) is 11.1 Å². The van der Waals surface area contributed by atoms with E-state index >= 15 is 0 Å². The van der Waals surface area contributed by atoms with Gasteiger partial charge in [0.2, 0.25) is 0 Å². The van der Waals surface area contributed by atoms with E-state index in [9.17, 15) is 15.2 Å². The zero-order chi connectivity index (χ0) is 19.3. The molecule has 0 saturated carbocycles. The molecule has 0 saturated heterocycles. The largest absolute Gasteiger partial charge is 0.506 e. The van der Waals surface area contributed by atoms with Crippen LogP contribution in [0.3, 0.4) is 0 Å². The molecule has 0 aliphatic heterocycles. The van der Waals surface area contributed by atoms with Gasteiger partial charge in [0, 0.05) is 0 Å². The number of hydrogen-bond donors (Lipinski definition) is 2. The van der Waals surface area contributed by atoms with Crippen molar-refractivity contribution in [1.29, 1.82) is 5.26 Å². The fourth-order valence-corrected chi connectivity index (χ4v) is 3.05. The lowest BCUT2D eigenvalue weighted by molar-refractivity contribution is -0.112. The number of aromatic hydroxyl groups is 1. The molecule has 0 spiro atoms. The molecule has 132 valence electrons. The number of rotatable bonds is 5. The van der Waals surface area contributed by atoms with Crippen molar-refractivity contribution in [3.63, 3.8) is 0 Å². The second kappa shape index (κ2) is 8.91. The Kier molecular flexibility index (Phi) is 6.87. The Bertz CT molecular complexity index is 949. The predicted octanol–water partition coefficient (Wildman–Crippen LogP) is 5.74. The molecular formula is C19H13BrCl2N2O2. The fourth-order valence-electron chi connectivity index (χ4n) is 2.18. The van der Waals surface area contributed by atoms with Gasteiger partial charge in [0.05, 0.1) is 20.2 Å². The maximum absolute atomic E-state index is 12.4. The molecule has 1 amide bonds. The molecule has 26 heavy (non-hydrogen) atoms. The van der Waals surface area contributed by atoms with Gasteiger partial charge in [0.25, 0.3) is 5.91 Å². The first-order valence-corrected chi connectivity index (χ1v) is 8.91. The highest BCUT2D eigenvalue weighted by atomic mass is 79.9. The number of carbonyl (C=O) groups excluding carboxylic acids is 1. The van der Waals surface area contributed by atoms with Crippen molar-refractivity contribution in [3.8, 4) is 11.8 Å². The molecule has 2 aromatic carbocycles. The summed E-state index contributed by atoms with van der Waals surface area (Å²) in [5.41, 5.74) is 1.39. The first-order valence-electron chi connectivity index (χ1n) is 7.36. The molecule has 0 radical (unpaired) electrons. The minimum absolute atomic E-state index is 0.0933. The summed E-state index contributed by atoms with van der Waals surface area (Å²) in [6.45, 7) is 3.64. The number of nitrogens with one attached hydrogen (secondary N) is 1. The minimum Gasteiger partial charge on any atom is -0.506 e. The highest BCUT2D eigenvalue weighted by molar-refractivity contribution is 9.10. The molecule has 0 fully saturated rings. The van der Waals surface area contributed by atoms with Crippen LogP contribution in [0.5, 0.6) is 5.75 Å². The van der Waals surface area contributed by atoms with E-state index in [0.29, 0.717) is 32.7 Å². The molecule has 0 heterocycles. The molecule has 2 rings (SSSR count). The molecule has 2 aromatic rings. The van der Waals surface area contributed by atoms with Crippen LogP contribution < -0.4 is 5.32 Å². The van der Waals surface area contributed by atoms with Crippen molar-refractivity contribution in [1.82, 2.24) is 0 Å². The molecule has 0 aliphatic rings. The highest BCUT2D eigenvalue weighted by Gasteiger charge is 2.14. The van der Waals surface area contributed by atoms with Crippen LogP contribution in [0.4, 0.5) is 5.69 Å². The van der Waals surface area contributed by atoms with E-state index in [1.54, 1.807) is 36.4 Å². The number of carbonyl (C=O) groups is 1.